The van der Waals surface area contributed by atoms with Crippen LogP contribution in [-0.4, -0.2) is 13.7 Å². The molecule has 8 heteroatoms. The summed E-state index contributed by atoms with van der Waals surface area (Å²) < 4.78 is 9.56. The summed E-state index contributed by atoms with van der Waals surface area (Å²) >= 11 is 15.1. The zero-order valence-electron chi connectivity index (χ0n) is 10.3. The third kappa shape index (κ3) is 2.24. The molecule has 0 aliphatic carbocycles. The molecule has 0 spiro atoms. The van der Waals surface area contributed by atoms with Gasteiger partial charge in [-0.1, -0.05) is 46.7 Å². The molecule has 0 radical (unpaired) electrons. The maximum atomic E-state index is 6.28. The number of halogens is 2. The van der Waals surface area contributed by atoms with E-state index in [1.54, 1.807) is 17.4 Å². The van der Waals surface area contributed by atoms with E-state index in [2.05, 4.69) is 19.0 Å². The number of hydrogen-bond donors (Lipinski definition) is 1. The van der Waals surface area contributed by atoms with Crippen LogP contribution in [0.1, 0.15) is 0 Å². The Balaban J connectivity index is 1.85. The largest absolute Gasteiger partial charge is 0.328 e. The molecule has 2 aromatic carbocycles. The molecule has 0 aliphatic heterocycles. The van der Waals surface area contributed by atoms with Crippen molar-refractivity contribution in [3.63, 3.8) is 0 Å². The molecule has 4 nitrogen and oxygen atoms in total. The average Bonchev–Trinajstić information content (AvgIpc) is 3.09. The molecule has 0 unspecified atom stereocenters. The van der Waals surface area contributed by atoms with Crippen LogP contribution in [0.3, 0.4) is 0 Å². The highest BCUT2D eigenvalue weighted by atomic mass is 35.5. The number of rotatable bonds is 2. The van der Waals surface area contributed by atoms with E-state index in [0.29, 0.717) is 26.8 Å². The van der Waals surface area contributed by atoms with Gasteiger partial charge in [-0.2, -0.15) is 8.75 Å². The van der Waals surface area contributed by atoms with Crippen molar-refractivity contribution in [1.29, 1.82) is 0 Å². The van der Waals surface area contributed by atoms with E-state index in [1.165, 1.54) is 0 Å². The molecule has 2 heterocycles. The maximum Gasteiger partial charge on any atom is 0.188 e. The van der Waals surface area contributed by atoms with Crippen molar-refractivity contribution >= 4 is 78.3 Å². The molecule has 21 heavy (non-hydrogen) atoms. The lowest BCUT2D eigenvalue weighted by Crippen LogP contribution is -1.92. The van der Waals surface area contributed by atoms with Crippen molar-refractivity contribution < 1.29 is 0 Å². The zero-order chi connectivity index (χ0) is 14.4. The molecule has 0 amide bonds. The number of benzene rings is 2. The quantitative estimate of drug-likeness (QED) is 0.528. The van der Waals surface area contributed by atoms with Crippen LogP contribution in [0, 0.1) is 0 Å². The molecule has 4 aromatic rings. The predicted octanol–water partition coefficient (Wildman–Crippen LogP) is 5.35. The lowest BCUT2D eigenvalue weighted by Gasteiger charge is -2.06. The zero-order valence-corrected chi connectivity index (χ0v) is 13.4. The number of anilines is 2. The van der Waals surface area contributed by atoms with Gasteiger partial charge in [0, 0.05) is 0 Å². The Morgan fingerprint density at radius 3 is 2.67 bits per heavy atom. The first kappa shape index (κ1) is 13.2. The molecule has 0 bridgehead atoms. The van der Waals surface area contributed by atoms with Gasteiger partial charge in [0.25, 0.3) is 0 Å². The van der Waals surface area contributed by atoms with Crippen LogP contribution in [0.5, 0.6) is 0 Å². The van der Waals surface area contributed by atoms with Crippen molar-refractivity contribution in [2.75, 3.05) is 5.32 Å². The molecule has 0 saturated heterocycles. The molecule has 0 fully saturated rings. The van der Waals surface area contributed by atoms with Gasteiger partial charge in [0.1, 0.15) is 11.0 Å². The minimum atomic E-state index is 0.499. The van der Waals surface area contributed by atoms with Crippen molar-refractivity contribution in [2.45, 2.75) is 0 Å². The molecule has 104 valence electrons. The Labute approximate surface area is 137 Å². The van der Waals surface area contributed by atoms with Gasteiger partial charge in [-0.15, -0.1) is 0 Å². The number of thiazole rings is 1. The lowest BCUT2D eigenvalue weighted by molar-refractivity contribution is 1.45. The second-order valence-corrected chi connectivity index (χ2v) is 6.66. The van der Waals surface area contributed by atoms with Crippen LogP contribution in [-0.2, 0) is 0 Å². The van der Waals surface area contributed by atoms with Gasteiger partial charge < -0.3 is 5.32 Å². The Bertz CT molecular complexity index is 930. The summed E-state index contributed by atoms with van der Waals surface area (Å²) in [4.78, 5) is 4.53. The molecular weight excluding hydrogens is 347 g/mol. The normalized spacial score (nSPS) is 11.3. The lowest BCUT2D eigenvalue weighted by atomic mass is 10.2. The number of fused-ring (bicyclic) bond motifs is 2. The van der Waals surface area contributed by atoms with E-state index in [1.807, 2.05) is 24.3 Å². The average molecular weight is 353 g/mol. The fourth-order valence-corrected chi connectivity index (χ4v) is 4.06. The molecule has 0 aliphatic rings. The smallest absolute Gasteiger partial charge is 0.188 e. The minimum absolute atomic E-state index is 0.499. The summed E-state index contributed by atoms with van der Waals surface area (Å²) in [5.41, 5.74) is 2.94. The van der Waals surface area contributed by atoms with Crippen LogP contribution in [0.4, 0.5) is 10.8 Å². The summed E-state index contributed by atoms with van der Waals surface area (Å²) in [5.74, 6) is 0. The molecule has 1 N–H and O–H groups in total. The van der Waals surface area contributed by atoms with Crippen LogP contribution in [0.25, 0.3) is 21.3 Å². The van der Waals surface area contributed by atoms with Gasteiger partial charge >= 0.3 is 0 Å². The van der Waals surface area contributed by atoms with Crippen molar-refractivity contribution in [3.8, 4) is 0 Å². The summed E-state index contributed by atoms with van der Waals surface area (Å²) in [6.45, 7) is 0. The SMILES string of the molecule is Clc1cc(Cl)c2nsnc2c1Nc1nc2ccccc2s1. The number of hydrogen-bond acceptors (Lipinski definition) is 6. The Kier molecular flexibility index (Phi) is 3.19. The third-order valence-electron chi connectivity index (χ3n) is 2.97. The van der Waals surface area contributed by atoms with E-state index in [4.69, 9.17) is 23.2 Å². The Morgan fingerprint density at radius 1 is 1.00 bits per heavy atom. The van der Waals surface area contributed by atoms with E-state index in [-0.39, 0.29) is 0 Å². The highest BCUT2D eigenvalue weighted by molar-refractivity contribution is 7.22. The topological polar surface area (TPSA) is 50.7 Å². The first-order valence-corrected chi connectivity index (χ1v) is 8.25. The molecule has 0 atom stereocenters. The second-order valence-electron chi connectivity index (χ2n) is 4.29. The standard InChI is InChI=1S/C13H6Cl2N4S2/c14-6-5-7(15)11-12(19-21-18-11)10(6)17-13-16-8-3-1-2-4-9(8)20-13/h1-5H,(H,16,17). The number of nitrogens with one attached hydrogen (secondary N) is 1. The first-order chi connectivity index (χ1) is 10.2. The summed E-state index contributed by atoms with van der Waals surface area (Å²) in [6.07, 6.45) is 0. The molecule has 4 rings (SSSR count). The van der Waals surface area contributed by atoms with Gasteiger partial charge in [-0.25, -0.2) is 4.98 Å². The van der Waals surface area contributed by atoms with Gasteiger partial charge in [0.15, 0.2) is 5.13 Å². The van der Waals surface area contributed by atoms with Crippen LogP contribution >= 0.6 is 46.3 Å². The van der Waals surface area contributed by atoms with Crippen LogP contribution < -0.4 is 5.32 Å². The number of para-hydroxylation sites is 1. The van der Waals surface area contributed by atoms with E-state index in [9.17, 15) is 0 Å². The van der Waals surface area contributed by atoms with Gasteiger partial charge in [0.05, 0.1) is 37.7 Å². The molecular formula is C13H6Cl2N4S2. The molecule has 0 saturated carbocycles. The van der Waals surface area contributed by atoms with Crippen LogP contribution in [0.15, 0.2) is 30.3 Å². The van der Waals surface area contributed by atoms with Gasteiger partial charge in [0.2, 0.25) is 0 Å². The van der Waals surface area contributed by atoms with Crippen molar-refractivity contribution in [3.05, 3.63) is 40.4 Å². The highest BCUT2D eigenvalue weighted by Gasteiger charge is 2.15. The van der Waals surface area contributed by atoms with E-state index < -0.39 is 0 Å². The third-order valence-corrected chi connectivity index (χ3v) is 5.04. The van der Waals surface area contributed by atoms with Crippen molar-refractivity contribution in [2.24, 2.45) is 0 Å². The fraction of sp³-hybridized carbons (Fsp3) is 0. The second kappa shape index (κ2) is 5.06. The monoisotopic (exact) mass is 352 g/mol. The van der Waals surface area contributed by atoms with Crippen LogP contribution in [0.2, 0.25) is 10.0 Å². The highest BCUT2D eigenvalue weighted by Crippen LogP contribution is 2.38. The number of aromatic nitrogens is 3. The van der Waals surface area contributed by atoms with Gasteiger partial charge in [-0.05, 0) is 18.2 Å². The minimum Gasteiger partial charge on any atom is -0.328 e. The van der Waals surface area contributed by atoms with E-state index >= 15 is 0 Å². The summed E-state index contributed by atoms with van der Waals surface area (Å²) in [6, 6.07) is 9.62. The fourth-order valence-electron chi connectivity index (χ4n) is 2.03. The first-order valence-electron chi connectivity index (χ1n) is 5.95. The van der Waals surface area contributed by atoms with Gasteiger partial charge in [-0.3, -0.25) is 0 Å². The summed E-state index contributed by atoms with van der Waals surface area (Å²) in [5, 5.41) is 5.00. The molecule has 2 aromatic heterocycles. The predicted molar refractivity (Wildman–Crippen MR) is 90.3 cm³/mol. The number of nitrogens with zero attached hydrogens (tertiary/aromatic N) is 3. The van der Waals surface area contributed by atoms with Crippen molar-refractivity contribution in [1.82, 2.24) is 13.7 Å². The summed E-state index contributed by atoms with van der Waals surface area (Å²) in [7, 11) is 0. The Hall–Kier alpha value is -1.47. The maximum absolute atomic E-state index is 6.28. The van der Waals surface area contributed by atoms with E-state index in [0.717, 1.165) is 27.1 Å². The Morgan fingerprint density at radius 2 is 1.81 bits per heavy atom.